The molecule has 8 nitrogen and oxygen atoms in total. The van der Waals surface area contributed by atoms with E-state index in [2.05, 4.69) is 14.8 Å². The van der Waals surface area contributed by atoms with Gasteiger partial charge in [-0.25, -0.2) is 0 Å². The van der Waals surface area contributed by atoms with E-state index < -0.39 is 10.8 Å². The summed E-state index contributed by atoms with van der Waals surface area (Å²) in [5.74, 6) is -0.540. The van der Waals surface area contributed by atoms with Crippen LogP contribution in [0.2, 0.25) is 0 Å². The van der Waals surface area contributed by atoms with Crippen LogP contribution in [0.3, 0.4) is 0 Å². The van der Waals surface area contributed by atoms with Crippen molar-refractivity contribution in [3.63, 3.8) is 0 Å². The SMILES string of the molecule is NC(=O)c1cc(N2CCN(c3ccc([N+](=O)[O-])cc3)CC2)ccn1. The van der Waals surface area contributed by atoms with E-state index in [-0.39, 0.29) is 11.4 Å². The molecule has 1 aliphatic heterocycles. The molecule has 0 atom stereocenters. The monoisotopic (exact) mass is 327 g/mol. The zero-order valence-corrected chi connectivity index (χ0v) is 13.0. The summed E-state index contributed by atoms with van der Waals surface area (Å²) in [4.78, 5) is 29.8. The highest BCUT2D eigenvalue weighted by Gasteiger charge is 2.19. The van der Waals surface area contributed by atoms with Gasteiger partial charge >= 0.3 is 0 Å². The van der Waals surface area contributed by atoms with Crippen LogP contribution >= 0.6 is 0 Å². The van der Waals surface area contributed by atoms with Gasteiger partial charge in [0.15, 0.2) is 0 Å². The Morgan fingerprint density at radius 2 is 1.62 bits per heavy atom. The zero-order valence-electron chi connectivity index (χ0n) is 13.0. The Labute approximate surface area is 138 Å². The number of pyridine rings is 1. The topological polar surface area (TPSA) is 106 Å². The van der Waals surface area contributed by atoms with E-state index in [1.54, 1.807) is 24.4 Å². The zero-order chi connectivity index (χ0) is 17.1. The van der Waals surface area contributed by atoms with Crippen LogP contribution in [-0.2, 0) is 0 Å². The Hall–Kier alpha value is -3.16. The predicted octanol–water partition coefficient (Wildman–Crippen LogP) is 1.42. The van der Waals surface area contributed by atoms with Crippen molar-refractivity contribution in [2.75, 3.05) is 36.0 Å². The molecule has 0 spiro atoms. The number of non-ortho nitro benzene ring substituents is 1. The van der Waals surface area contributed by atoms with Crippen molar-refractivity contribution < 1.29 is 9.72 Å². The predicted molar refractivity (Wildman–Crippen MR) is 90.3 cm³/mol. The lowest BCUT2D eigenvalue weighted by Gasteiger charge is -2.37. The Morgan fingerprint density at radius 3 is 2.17 bits per heavy atom. The second kappa shape index (κ2) is 6.53. The van der Waals surface area contributed by atoms with Gasteiger partial charge in [-0.15, -0.1) is 0 Å². The molecule has 1 saturated heterocycles. The largest absolute Gasteiger partial charge is 0.368 e. The minimum Gasteiger partial charge on any atom is -0.368 e. The van der Waals surface area contributed by atoms with E-state index in [1.807, 2.05) is 6.07 Å². The third-order valence-corrected chi connectivity index (χ3v) is 4.07. The van der Waals surface area contributed by atoms with E-state index in [1.165, 1.54) is 12.1 Å². The first-order valence-corrected chi connectivity index (χ1v) is 7.55. The number of hydrogen-bond donors (Lipinski definition) is 1. The van der Waals surface area contributed by atoms with Crippen molar-refractivity contribution in [3.05, 3.63) is 58.4 Å². The smallest absolute Gasteiger partial charge is 0.269 e. The van der Waals surface area contributed by atoms with Gasteiger partial charge in [0.2, 0.25) is 0 Å². The Morgan fingerprint density at radius 1 is 1.04 bits per heavy atom. The van der Waals surface area contributed by atoms with Gasteiger partial charge in [0, 0.05) is 55.9 Å². The van der Waals surface area contributed by atoms with Crippen molar-refractivity contribution in [2.24, 2.45) is 5.73 Å². The fourth-order valence-electron chi connectivity index (χ4n) is 2.76. The third-order valence-electron chi connectivity index (χ3n) is 4.07. The van der Waals surface area contributed by atoms with E-state index in [9.17, 15) is 14.9 Å². The van der Waals surface area contributed by atoms with Crippen molar-refractivity contribution in [3.8, 4) is 0 Å². The number of amides is 1. The number of nitrogens with zero attached hydrogens (tertiary/aromatic N) is 4. The molecule has 0 radical (unpaired) electrons. The number of aromatic nitrogens is 1. The van der Waals surface area contributed by atoms with Gasteiger partial charge in [-0.05, 0) is 24.3 Å². The molecule has 1 fully saturated rings. The lowest BCUT2D eigenvalue weighted by atomic mass is 10.2. The van der Waals surface area contributed by atoms with Crippen molar-refractivity contribution >= 4 is 23.0 Å². The average molecular weight is 327 g/mol. The van der Waals surface area contributed by atoms with Gasteiger partial charge in [-0.3, -0.25) is 19.9 Å². The third kappa shape index (κ3) is 3.27. The molecule has 1 aromatic heterocycles. The minimum absolute atomic E-state index is 0.0909. The number of carbonyl (C=O) groups excluding carboxylic acids is 1. The molecule has 124 valence electrons. The molecule has 2 aromatic rings. The number of carbonyl (C=O) groups is 1. The van der Waals surface area contributed by atoms with Crippen LogP contribution in [0.15, 0.2) is 42.6 Å². The quantitative estimate of drug-likeness (QED) is 0.672. The number of anilines is 2. The number of benzene rings is 1. The molecule has 1 amide bonds. The summed E-state index contributed by atoms with van der Waals surface area (Å²) in [6.45, 7) is 3.12. The summed E-state index contributed by atoms with van der Waals surface area (Å²) in [5, 5.41) is 10.7. The second-order valence-corrected chi connectivity index (χ2v) is 5.51. The Kier molecular flexibility index (Phi) is 4.28. The number of hydrogen-bond acceptors (Lipinski definition) is 6. The summed E-state index contributed by atoms with van der Waals surface area (Å²) in [5.41, 5.74) is 7.50. The van der Waals surface area contributed by atoms with Gasteiger partial charge in [-0.1, -0.05) is 0 Å². The maximum atomic E-state index is 11.2. The average Bonchev–Trinajstić information content (AvgIpc) is 2.62. The first-order chi connectivity index (χ1) is 11.5. The highest BCUT2D eigenvalue weighted by molar-refractivity contribution is 5.91. The molecule has 1 aromatic carbocycles. The van der Waals surface area contributed by atoms with Crippen LogP contribution in [0, 0.1) is 10.1 Å². The lowest BCUT2D eigenvalue weighted by molar-refractivity contribution is -0.384. The number of nitro benzene ring substituents is 1. The molecule has 8 heteroatoms. The Bertz CT molecular complexity index is 755. The van der Waals surface area contributed by atoms with Gasteiger partial charge < -0.3 is 15.5 Å². The van der Waals surface area contributed by atoms with Gasteiger partial charge in [0.25, 0.3) is 11.6 Å². The molecule has 24 heavy (non-hydrogen) atoms. The number of rotatable bonds is 4. The van der Waals surface area contributed by atoms with Crippen LogP contribution in [0.5, 0.6) is 0 Å². The van der Waals surface area contributed by atoms with Crippen LogP contribution in [0.4, 0.5) is 17.1 Å². The van der Waals surface area contributed by atoms with E-state index in [0.717, 1.165) is 37.6 Å². The fraction of sp³-hybridized carbons (Fsp3) is 0.250. The van der Waals surface area contributed by atoms with Crippen LogP contribution in [0.1, 0.15) is 10.5 Å². The summed E-state index contributed by atoms with van der Waals surface area (Å²) < 4.78 is 0. The highest BCUT2D eigenvalue weighted by atomic mass is 16.6. The van der Waals surface area contributed by atoms with Gasteiger partial charge in [-0.2, -0.15) is 0 Å². The van der Waals surface area contributed by atoms with Crippen molar-refractivity contribution in [1.82, 2.24) is 4.98 Å². The van der Waals surface area contributed by atoms with E-state index >= 15 is 0 Å². The first kappa shape index (κ1) is 15.7. The summed E-state index contributed by atoms with van der Waals surface area (Å²) >= 11 is 0. The molecule has 2 heterocycles. The lowest BCUT2D eigenvalue weighted by Crippen LogP contribution is -2.46. The fourth-order valence-corrected chi connectivity index (χ4v) is 2.76. The van der Waals surface area contributed by atoms with Crippen LogP contribution in [-0.4, -0.2) is 42.0 Å². The number of piperazine rings is 1. The summed E-state index contributed by atoms with van der Waals surface area (Å²) in [6.07, 6.45) is 1.58. The molecule has 3 rings (SSSR count). The molecule has 0 bridgehead atoms. The van der Waals surface area contributed by atoms with Gasteiger partial charge in [0.05, 0.1) is 4.92 Å². The highest BCUT2D eigenvalue weighted by Crippen LogP contribution is 2.23. The molecular formula is C16H17N5O3. The molecule has 0 unspecified atom stereocenters. The molecule has 1 aliphatic rings. The van der Waals surface area contributed by atoms with Crippen LogP contribution < -0.4 is 15.5 Å². The summed E-state index contributed by atoms with van der Waals surface area (Å²) in [6, 6.07) is 10.1. The molecule has 2 N–H and O–H groups in total. The standard InChI is InChI=1S/C16H17N5O3/c17-16(22)15-11-14(5-6-18-15)20-9-7-19(8-10-20)12-1-3-13(4-2-12)21(23)24/h1-6,11H,7-10H2,(H2,17,22). The second-order valence-electron chi connectivity index (χ2n) is 5.51. The van der Waals surface area contributed by atoms with E-state index in [0.29, 0.717) is 0 Å². The van der Waals surface area contributed by atoms with Crippen LogP contribution in [0.25, 0.3) is 0 Å². The first-order valence-electron chi connectivity index (χ1n) is 7.55. The summed E-state index contributed by atoms with van der Waals surface area (Å²) in [7, 11) is 0. The maximum absolute atomic E-state index is 11.2. The van der Waals surface area contributed by atoms with E-state index in [4.69, 9.17) is 5.73 Å². The maximum Gasteiger partial charge on any atom is 0.269 e. The molecule has 0 saturated carbocycles. The van der Waals surface area contributed by atoms with Crippen molar-refractivity contribution in [2.45, 2.75) is 0 Å². The number of nitro groups is 1. The Balaban J connectivity index is 1.66. The van der Waals surface area contributed by atoms with Crippen molar-refractivity contribution in [1.29, 1.82) is 0 Å². The van der Waals surface area contributed by atoms with Gasteiger partial charge in [0.1, 0.15) is 5.69 Å². The molecular weight excluding hydrogens is 310 g/mol. The number of nitrogens with two attached hydrogens (primary N) is 1. The normalized spacial score (nSPS) is 14.5. The number of primary amides is 1. The minimum atomic E-state index is -0.540. The molecule has 0 aliphatic carbocycles.